The fraction of sp³-hybridized carbons (Fsp3) is 0.250. The normalized spacial score (nSPS) is 11.5. The molecule has 24 heavy (non-hydrogen) atoms. The average Bonchev–Trinajstić information content (AvgIpc) is 2.52. The lowest BCUT2D eigenvalue weighted by Crippen LogP contribution is -2.28. The minimum Gasteiger partial charge on any atom is -0.338 e. The molecule has 0 saturated carbocycles. The van der Waals surface area contributed by atoms with Crippen molar-refractivity contribution in [3.8, 4) is 0 Å². The highest BCUT2D eigenvalue weighted by molar-refractivity contribution is 7.27. The zero-order valence-corrected chi connectivity index (χ0v) is 15.7. The number of aryl methyl sites for hydroxylation is 2. The predicted molar refractivity (Wildman–Crippen MR) is 102 cm³/mol. The minimum atomic E-state index is -0.253. The first-order chi connectivity index (χ1) is 11.3. The number of rotatable bonds is 4. The van der Waals surface area contributed by atoms with Crippen molar-refractivity contribution in [1.82, 2.24) is 4.90 Å². The van der Waals surface area contributed by atoms with Crippen LogP contribution in [0.5, 0.6) is 0 Å². The summed E-state index contributed by atoms with van der Waals surface area (Å²) < 4.78 is 13.2. The largest absolute Gasteiger partial charge is 0.338 e. The Labute approximate surface area is 145 Å². The lowest BCUT2D eigenvalue weighted by Gasteiger charge is -2.18. The van der Waals surface area contributed by atoms with Crippen molar-refractivity contribution in [3.63, 3.8) is 0 Å². The molecule has 0 radical (unpaired) electrons. The average molecular weight is 343 g/mol. The number of benzene rings is 2. The monoisotopic (exact) mass is 343 g/mol. The van der Waals surface area contributed by atoms with Crippen LogP contribution in [-0.4, -0.2) is 24.4 Å². The summed E-state index contributed by atoms with van der Waals surface area (Å²) in [4.78, 5) is 14.2. The molecule has 0 aliphatic carbocycles. The fourth-order valence-corrected chi connectivity index (χ4v) is 2.87. The molecule has 2 rings (SSSR count). The number of amides is 1. The van der Waals surface area contributed by atoms with Crippen molar-refractivity contribution >= 4 is 26.5 Å². The van der Waals surface area contributed by atoms with Crippen molar-refractivity contribution < 1.29 is 9.18 Å². The molecule has 1 atom stereocenters. The summed E-state index contributed by atoms with van der Waals surface area (Å²) in [6.45, 7) is 6.53. The number of carbonyl (C=O) groups is 1. The van der Waals surface area contributed by atoms with E-state index in [9.17, 15) is 9.18 Å². The van der Waals surface area contributed by atoms with Gasteiger partial charge >= 0.3 is 0 Å². The third kappa shape index (κ3) is 4.52. The van der Waals surface area contributed by atoms with Gasteiger partial charge in [0.05, 0.1) is 0 Å². The second kappa shape index (κ2) is 7.72. The first-order valence-electron chi connectivity index (χ1n) is 7.83. The van der Waals surface area contributed by atoms with Gasteiger partial charge in [-0.15, -0.1) is 9.24 Å². The third-order valence-electron chi connectivity index (χ3n) is 4.04. The Morgan fingerprint density at radius 2 is 1.88 bits per heavy atom. The van der Waals surface area contributed by atoms with Gasteiger partial charge in [0, 0.05) is 19.2 Å². The molecule has 0 N–H and O–H groups in total. The van der Waals surface area contributed by atoms with Crippen LogP contribution in [0.25, 0.3) is 6.08 Å². The quantitative estimate of drug-likeness (QED) is 0.765. The van der Waals surface area contributed by atoms with E-state index in [1.807, 2.05) is 45.0 Å². The van der Waals surface area contributed by atoms with Gasteiger partial charge in [-0.3, -0.25) is 4.79 Å². The Kier molecular flexibility index (Phi) is 5.90. The Morgan fingerprint density at radius 3 is 2.50 bits per heavy atom. The Hall–Kier alpha value is -1.99. The maximum atomic E-state index is 13.2. The topological polar surface area (TPSA) is 20.3 Å². The van der Waals surface area contributed by atoms with Crippen molar-refractivity contribution in [2.45, 2.75) is 20.8 Å². The van der Waals surface area contributed by atoms with Crippen LogP contribution in [0.1, 0.15) is 34.0 Å². The summed E-state index contributed by atoms with van der Waals surface area (Å²) in [5, 5.41) is 0.803. The van der Waals surface area contributed by atoms with Gasteiger partial charge < -0.3 is 4.90 Å². The maximum absolute atomic E-state index is 13.2. The number of hydrogen-bond acceptors (Lipinski definition) is 1. The van der Waals surface area contributed by atoms with Gasteiger partial charge in [-0.1, -0.05) is 23.8 Å². The zero-order valence-electron chi connectivity index (χ0n) is 14.6. The molecule has 0 fully saturated rings. The van der Waals surface area contributed by atoms with E-state index >= 15 is 0 Å². The highest BCUT2D eigenvalue weighted by Gasteiger charge is 2.12. The third-order valence-corrected chi connectivity index (χ3v) is 4.54. The molecule has 0 aliphatic rings. The molecule has 0 spiro atoms. The highest BCUT2D eigenvalue weighted by Crippen LogP contribution is 2.14. The number of halogens is 1. The molecule has 1 amide bonds. The van der Waals surface area contributed by atoms with E-state index in [0.717, 1.165) is 22.0 Å². The van der Waals surface area contributed by atoms with Crippen molar-refractivity contribution in [2.24, 2.45) is 0 Å². The van der Waals surface area contributed by atoms with Gasteiger partial charge in [-0.05, 0) is 67.0 Å². The van der Waals surface area contributed by atoms with Crippen molar-refractivity contribution in [2.75, 3.05) is 13.6 Å². The summed E-state index contributed by atoms with van der Waals surface area (Å²) >= 11 is 0. The molecule has 4 heteroatoms. The summed E-state index contributed by atoms with van der Waals surface area (Å²) in [5.74, 6) is -0.257. The van der Waals surface area contributed by atoms with Crippen LogP contribution in [0.3, 0.4) is 0 Å². The first kappa shape index (κ1) is 18.4. The molecule has 2 nitrogen and oxygen atoms in total. The molecule has 126 valence electrons. The van der Waals surface area contributed by atoms with Gasteiger partial charge in [-0.2, -0.15) is 0 Å². The molecule has 0 heterocycles. The van der Waals surface area contributed by atoms with Gasteiger partial charge in [0.1, 0.15) is 5.82 Å². The summed E-state index contributed by atoms with van der Waals surface area (Å²) in [5.41, 5.74) is 4.95. The number of likely N-dealkylation sites (N-methyl/N-ethyl adjacent to an activating group) is 1. The first-order valence-corrected chi connectivity index (χ1v) is 8.40. The van der Waals surface area contributed by atoms with Crippen LogP contribution < -0.4 is 5.30 Å². The number of hydrogen-bond donors (Lipinski definition) is 0. The molecule has 2 aromatic rings. The Bertz CT molecular complexity index is 798. The standard InChI is InChI=1S/C20H23FNOP/c1-13(9-16-7-8-18(21)11-19(16)24)12-22(4)20(23)17-6-5-14(2)15(3)10-17/h5-11H,12,24H2,1-4H3/b13-9+. The van der Waals surface area contributed by atoms with E-state index in [0.29, 0.717) is 12.1 Å². The lowest BCUT2D eigenvalue weighted by atomic mass is 10.1. The van der Waals surface area contributed by atoms with E-state index in [-0.39, 0.29) is 11.7 Å². The summed E-state index contributed by atoms with van der Waals surface area (Å²) in [7, 11) is 4.33. The van der Waals surface area contributed by atoms with Gasteiger partial charge in [0.2, 0.25) is 0 Å². The highest BCUT2D eigenvalue weighted by atomic mass is 31.0. The predicted octanol–water partition coefficient (Wildman–Crippen LogP) is 4.12. The summed E-state index contributed by atoms with van der Waals surface area (Å²) in [6, 6.07) is 10.4. The molecular weight excluding hydrogens is 320 g/mol. The van der Waals surface area contributed by atoms with Crippen LogP contribution in [0, 0.1) is 19.7 Å². The maximum Gasteiger partial charge on any atom is 0.253 e. The van der Waals surface area contributed by atoms with E-state index in [1.165, 1.54) is 17.7 Å². The smallest absolute Gasteiger partial charge is 0.253 e. The molecule has 0 bridgehead atoms. The Balaban J connectivity index is 2.12. The van der Waals surface area contributed by atoms with E-state index < -0.39 is 0 Å². The minimum absolute atomic E-state index is 0.00365. The number of nitrogens with zero attached hydrogens (tertiary/aromatic N) is 1. The van der Waals surface area contributed by atoms with Gasteiger partial charge in [0.15, 0.2) is 0 Å². The van der Waals surface area contributed by atoms with Gasteiger partial charge in [0.25, 0.3) is 5.91 Å². The zero-order chi connectivity index (χ0) is 17.9. The molecule has 0 aliphatic heterocycles. The SMILES string of the molecule is C/C(=C\c1ccc(F)cc1P)CN(C)C(=O)c1ccc(C)c(C)c1. The van der Waals surface area contributed by atoms with E-state index in [2.05, 4.69) is 9.24 Å². The summed E-state index contributed by atoms with van der Waals surface area (Å²) in [6.07, 6.45) is 1.98. The van der Waals surface area contributed by atoms with E-state index in [1.54, 1.807) is 18.0 Å². The second-order valence-corrected chi connectivity index (χ2v) is 6.85. The van der Waals surface area contributed by atoms with Gasteiger partial charge in [-0.25, -0.2) is 4.39 Å². The second-order valence-electron chi connectivity index (χ2n) is 6.22. The molecule has 0 saturated heterocycles. The van der Waals surface area contributed by atoms with E-state index in [4.69, 9.17) is 0 Å². The number of carbonyl (C=O) groups excluding carboxylic acids is 1. The van der Waals surface area contributed by atoms with Crippen LogP contribution in [-0.2, 0) is 0 Å². The van der Waals surface area contributed by atoms with Crippen LogP contribution in [0.15, 0.2) is 42.0 Å². The fourth-order valence-electron chi connectivity index (χ4n) is 2.53. The molecule has 1 unspecified atom stereocenters. The lowest BCUT2D eigenvalue weighted by molar-refractivity contribution is 0.0807. The molecule has 2 aromatic carbocycles. The van der Waals surface area contributed by atoms with Crippen LogP contribution >= 0.6 is 9.24 Å². The molecular formula is C20H23FNOP. The van der Waals surface area contributed by atoms with Crippen LogP contribution in [0.2, 0.25) is 0 Å². The van der Waals surface area contributed by atoms with Crippen LogP contribution in [0.4, 0.5) is 4.39 Å². The molecule has 0 aromatic heterocycles. The van der Waals surface area contributed by atoms with Crippen molar-refractivity contribution in [3.05, 3.63) is 70.0 Å². The Morgan fingerprint density at radius 1 is 1.17 bits per heavy atom. The van der Waals surface area contributed by atoms with Crippen molar-refractivity contribution in [1.29, 1.82) is 0 Å².